The van der Waals surface area contributed by atoms with E-state index in [0.717, 1.165) is 5.69 Å². The van der Waals surface area contributed by atoms with Crippen molar-refractivity contribution in [1.29, 1.82) is 0 Å². The number of carbonyl (C=O) groups excluding carboxylic acids is 2. The number of rotatable bonds is 5. The third-order valence-electron chi connectivity index (χ3n) is 4.75. The Morgan fingerprint density at radius 2 is 1.88 bits per heavy atom. The van der Waals surface area contributed by atoms with Crippen molar-refractivity contribution in [3.63, 3.8) is 0 Å². The average Bonchev–Trinajstić information content (AvgIpc) is 2.98. The van der Waals surface area contributed by atoms with E-state index in [4.69, 9.17) is 0 Å². The standard InChI is InChI=1S/C21H23FN2O2/c1-14(2)15-7-9-18(10-8-15)23-21(26)17-11-20(25)24(13-17)12-16-5-3-4-6-19(16)22/h3-10,14,17H,11-13H2,1-2H3,(H,23,26)/t17-/m0/s1. The first-order chi connectivity index (χ1) is 12.4. The van der Waals surface area contributed by atoms with Gasteiger partial charge in [0.15, 0.2) is 0 Å². The quantitative estimate of drug-likeness (QED) is 0.884. The Morgan fingerprint density at radius 1 is 1.19 bits per heavy atom. The summed E-state index contributed by atoms with van der Waals surface area (Å²) < 4.78 is 13.8. The third-order valence-corrected chi connectivity index (χ3v) is 4.75. The van der Waals surface area contributed by atoms with E-state index in [9.17, 15) is 14.0 Å². The molecule has 2 aromatic carbocycles. The Kier molecular flexibility index (Phi) is 5.35. The van der Waals surface area contributed by atoms with Gasteiger partial charge in [-0.1, -0.05) is 44.2 Å². The lowest BCUT2D eigenvalue weighted by atomic mass is 10.0. The first-order valence-corrected chi connectivity index (χ1v) is 8.86. The summed E-state index contributed by atoms with van der Waals surface area (Å²) in [6.07, 6.45) is 0.157. The number of nitrogens with zero attached hydrogens (tertiary/aromatic N) is 1. The van der Waals surface area contributed by atoms with Gasteiger partial charge in [0.05, 0.1) is 5.92 Å². The molecule has 1 N–H and O–H groups in total. The van der Waals surface area contributed by atoms with Crippen LogP contribution in [0.5, 0.6) is 0 Å². The van der Waals surface area contributed by atoms with E-state index in [2.05, 4.69) is 19.2 Å². The SMILES string of the molecule is CC(C)c1ccc(NC(=O)[C@H]2CC(=O)N(Cc3ccccc3F)C2)cc1. The van der Waals surface area contributed by atoms with Crippen LogP contribution < -0.4 is 5.32 Å². The minimum atomic E-state index is -0.418. The second-order valence-electron chi connectivity index (χ2n) is 7.03. The second kappa shape index (κ2) is 7.68. The minimum Gasteiger partial charge on any atom is -0.337 e. The lowest BCUT2D eigenvalue weighted by molar-refractivity contribution is -0.128. The van der Waals surface area contributed by atoms with Crippen LogP contribution in [0.4, 0.5) is 10.1 Å². The number of hydrogen-bond donors (Lipinski definition) is 1. The van der Waals surface area contributed by atoms with Crippen LogP contribution in [-0.4, -0.2) is 23.3 Å². The average molecular weight is 354 g/mol. The highest BCUT2D eigenvalue weighted by Crippen LogP contribution is 2.23. The van der Waals surface area contributed by atoms with Crippen molar-refractivity contribution in [3.8, 4) is 0 Å². The van der Waals surface area contributed by atoms with E-state index in [0.29, 0.717) is 18.0 Å². The predicted molar refractivity (Wildman–Crippen MR) is 99.1 cm³/mol. The summed E-state index contributed by atoms with van der Waals surface area (Å²) in [6.45, 7) is 4.73. The summed E-state index contributed by atoms with van der Waals surface area (Å²) in [4.78, 5) is 26.2. The Balaban J connectivity index is 1.61. The first-order valence-electron chi connectivity index (χ1n) is 8.86. The molecule has 0 bridgehead atoms. The minimum absolute atomic E-state index is 0.122. The van der Waals surface area contributed by atoms with Gasteiger partial charge in [-0.05, 0) is 29.7 Å². The van der Waals surface area contributed by atoms with Gasteiger partial charge in [-0.25, -0.2) is 4.39 Å². The molecule has 1 aliphatic heterocycles. The van der Waals surface area contributed by atoms with Crippen LogP contribution in [0, 0.1) is 11.7 Å². The lowest BCUT2D eigenvalue weighted by Crippen LogP contribution is -2.28. The molecule has 4 nitrogen and oxygen atoms in total. The Bertz CT molecular complexity index is 802. The Morgan fingerprint density at radius 3 is 2.54 bits per heavy atom. The predicted octanol–water partition coefficient (Wildman–Crippen LogP) is 3.94. The topological polar surface area (TPSA) is 49.4 Å². The second-order valence-corrected chi connectivity index (χ2v) is 7.03. The fraction of sp³-hybridized carbons (Fsp3) is 0.333. The van der Waals surface area contributed by atoms with Gasteiger partial charge in [0.2, 0.25) is 11.8 Å². The number of anilines is 1. The van der Waals surface area contributed by atoms with E-state index in [1.54, 1.807) is 23.1 Å². The van der Waals surface area contributed by atoms with E-state index < -0.39 is 5.92 Å². The molecule has 0 aliphatic carbocycles. The molecule has 0 saturated carbocycles. The van der Waals surface area contributed by atoms with Gasteiger partial charge in [-0.15, -0.1) is 0 Å². The summed E-state index contributed by atoms with van der Waals surface area (Å²) in [6, 6.07) is 14.1. The van der Waals surface area contributed by atoms with E-state index in [1.165, 1.54) is 11.6 Å². The largest absolute Gasteiger partial charge is 0.337 e. The highest BCUT2D eigenvalue weighted by molar-refractivity contribution is 5.97. The highest BCUT2D eigenvalue weighted by atomic mass is 19.1. The zero-order valence-electron chi connectivity index (χ0n) is 15.0. The van der Waals surface area contributed by atoms with Crippen LogP contribution in [0.25, 0.3) is 0 Å². The van der Waals surface area contributed by atoms with Crippen LogP contribution >= 0.6 is 0 Å². The fourth-order valence-electron chi connectivity index (χ4n) is 3.13. The molecule has 0 unspecified atom stereocenters. The molecule has 136 valence electrons. The van der Waals surface area contributed by atoms with Crippen LogP contribution in [0.3, 0.4) is 0 Å². The van der Waals surface area contributed by atoms with Crippen molar-refractivity contribution in [2.45, 2.75) is 32.7 Å². The number of benzene rings is 2. The lowest BCUT2D eigenvalue weighted by Gasteiger charge is -2.17. The van der Waals surface area contributed by atoms with E-state index in [-0.39, 0.29) is 30.6 Å². The molecule has 1 heterocycles. The Hall–Kier alpha value is -2.69. The monoisotopic (exact) mass is 354 g/mol. The maximum atomic E-state index is 13.8. The first kappa shape index (κ1) is 18.1. The molecule has 0 aromatic heterocycles. The number of likely N-dealkylation sites (tertiary alicyclic amines) is 1. The van der Waals surface area contributed by atoms with Gasteiger partial charge in [0.25, 0.3) is 0 Å². The molecule has 1 saturated heterocycles. The van der Waals surface area contributed by atoms with Crippen molar-refractivity contribution in [2.75, 3.05) is 11.9 Å². The summed E-state index contributed by atoms with van der Waals surface area (Å²) in [5.41, 5.74) is 2.39. The Labute approximate surface area is 153 Å². The molecule has 1 atom stereocenters. The number of halogens is 1. The van der Waals surface area contributed by atoms with E-state index >= 15 is 0 Å². The number of amides is 2. The molecule has 5 heteroatoms. The summed E-state index contributed by atoms with van der Waals surface area (Å²) >= 11 is 0. The van der Waals surface area contributed by atoms with Gasteiger partial charge in [-0.3, -0.25) is 9.59 Å². The van der Waals surface area contributed by atoms with Crippen LogP contribution in [0.2, 0.25) is 0 Å². The van der Waals surface area contributed by atoms with Gasteiger partial charge in [0.1, 0.15) is 5.82 Å². The van der Waals surface area contributed by atoms with Crippen LogP contribution in [0.1, 0.15) is 37.3 Å². The number of nitrogens with one attached hydrogen (secondary N) is 1. The van der Waals surface area contributed by atoms with Gasteiger partial charge in [0, 0.05) is 30.8 Å². The normalized spacial score (nSPS) is 17.0. The van der Waals surface area contributed by atoms with Gasteiger partial charge in [-0.2, -0.15) is 0 Å². The highest BCUT2D eigenvalue weighted by Gasteiger charge is 2.34. The molecular weight excluding hydrogens is 331 g/mol. The molecule has 3 rings (SSSR count). The van der Waals surface area contributed by atoms with Crippen molar-refractivity contribution >= 4 is 17.5 Å². The summed E-state index contributed by atoms with van der Waals surface area (Å²) in [5, 5.41) is 2.87. The molecule has 2 aromatic rings. The molecule has 26 heavy (non-hydrogen) atoms. The van der Waals surface area contributed by atoms with Crippen LogP contribution in [0.15, 0.2) is 48.5 Å². The maximum Gasteiger partial charge on any atom is 0.229 e. The molecule has 1 fully saturated rings. The molecule has 0 radical (unpaired) electrons. The van der Waals surface area contributed by atoms with Crippen molar-refractivity contribution in [1.82, 2.24) is 4.90 Å². The maximum absolute atomic E-state index is 13.8. The fourth-order valence-corrected chi connectivity index (χ4v) is 3.13. The zero-order valence-corrected chi connectivity index (χ0v) is 15.0. The number of hydrogen-bond acceptors (Lipinski definition) is 2. The molecule has 2 amide bonds. The van der Waals surface area contributed by atoms with E-state index in [1.807, 2.05) is 24.3 Å². The smallest absolute Gasteiger partial charge is 0.229 e. The van der Waals surface area contributed by atoms with Crippen molar-refractivity contribution in [2.24, 2.45) is 5.92 Å². The molecule has 1 aliphatic rings. The molecular formula is C21H23FN2O2. The number of carbonyl (C=O) groups is 2. The summed E-state index contributed by atoms with van der Waals surface area (Å²) in [5.74, 6) is -0.619. The van der Waals surface area contributed by atoms with Gasteiger partial charge >= 0.3 is 0 Å². The molecule has 0 spiro atoms. The van der Waals surface area contributed by atoms with Gasteiger partial charge < -0.3 is 10.2 Å². The third kappa shape index (κ3) is 4.10. The van der Waals surface area contributed by atoms with Crippen LogP contribution in [-0.2, 0) is 16.1 Å². The zero-order chi connectivity index (χ0) is 18.7. The van der Waals surface area contributed by atoms with Crippen molar-refractivity contribution in [3.05, 3.63) is 65.5 Å². The van der Waals surface area contributed by atoms with Crippen molar-refractivity contribution < 1.29 is 14.0 Å². The summed E-state index contributed by atoms with van der Waals surface area (Å²) in [7, 11) is 0.